The first-order valence-corrected chi connectivity index (χ1v) is 8.52. The minimum absolute atomic E-state index is 0.0450. The molecule has 1 aliphatic heterocycles. The zero-order valence-corrected chi connectivity index (χ0v) is 13.8. The van der Waals surface area contributed by atoms with E-state index >= 15 is 0 Å². The SMILES string of the molecule is [B]c1cccc(C2(CCC3CCCCC3)N=C(N)N(C)C2=O)c1. The maximum absolute atomic E-state index is 12.9. The van der Waals surface area contributed by atoms with E-state index in [4.69, 9.17) is 13.6 Å². The zero-order valence-electron chi connectivity index (χ0n) is 13.8. The number of amides is 1. The van der Waals surface area contributed by atoms with Crippen LogP contribution in [0.5, 0.6) is 0 Å². The Kier molecular flexibility index (Phi) is 4.47. The van der Waals surface area contributed by atoms with Crippen molar-refractivity contribution in [3.8, 4) is 0 Å². The standard InChI is InChI=1S/C18H24BN3O/c1-22-16(23)18(21-17(22)20,14-8-5-9-15(19)12-14)11-10-13-6-3-2-4-7-13/h5,8-9,12-13H,2-4,6-7,10-11H2,1H3,(H2,20,21). The molecule has 5 heteroatoms. The predicted molar refractivity (Wildman–Crippen MR) is 93.7 cm³/mol. The third-order valence-corrected chi connectivity index (χ3v) is 5.31. The Morgan fingerprint density at radius 1 is 1.35 bits per heavy atom. The highest BCUT2D eigenvalue weighted by atomic mass is 16.2. The predicted octanol–water partition coefficient (Wildman–Crippen LogP) is 1.82. The molecule has 23 heavy (non-hydrogen) atoms. The van der Waals surface area contributed by atoms with Crippen LogP contribution in [0, 0.1) is 5.92 Å². The number of carbonyl (C=O) groups is 1. The monoisotopic (exact) mass is 309 g/mol. The van der Waals surface area contributed by atoms with Gasteiger partial charge in [0.2, 0.25) is 0 Å². The zero-order chi connectivity index (χ0) is 16.4. The number of likely N-dealkylation sites (N-methyl/N-ethyl adjacent to an activating group) is 1. The molecule has 2 radical (unpaired) electrons. The molecule has 1 atom stereocenters. The van der Waals surface area contributed by atoms with Crippen LogP contribution in [0.25, 0.3) is 0 Å². The van der Waals surface area contributed by atoms with Crippen LogP contribution in [0.2, 0.25) is 0 Å². The van der Waals surface area contributed by atoms with Gasteiger partial charge in [-0.25, -0.2) is 4.99 Å². The molecule has 1 heterocycles. The molecule has 2 aliphatic rings. The molecule has 120 valence electrons. The fourth-order valence-corrected chi connectivity index (χ4v) is 3.88. The Balaban J connectivity index is 1.89. The molecule has 1 amide bonds. The fraction of sp³-hybridized carbons (Fsp3) is 0.556. The summed E-state index contributed by atoms with van der Waals surface area (Å²) in [6.07, 6.45) is 8.16. The summed E-state index contributed by atoms with van der Waals surface area (Å²) in [5.74, 6) is 0.939. The van der Waals surface area contributed by atoms with Gasteiger partial charge in [0, 0.05) is 7.05 Å². The van der Waals surface area contributed by atoms with Crippen LogP contribution >= 0.6 is 0 Å². The van der Waals surface area contributed by atoms with E-state index < -0.39 is 5.54 Å². The third-order valence-electron chi connectivity index (χ3n) is 5.31. The van der Waals surface area contributed by atoms with E-state index in [9.17, 15) is 4.79 Å². The maximum Gasteiger partial charge on any atom is 0.261 e. The van der Waals surface area contributed by atoms with Gasteiger partial charge in [0.25, 0.3) is 5.91 Å². The number of carbonyl (C=O) groups excluding carboxylic acids is 1. The minimum atomic E-state index is -0.897. The maximum atomic E-state index is 12.9. The van der Waals surface area contributed by atoms with Crippen molar-refractivity contribution in [1.82, 2.24) is 4.90 Å². The van der Waals surface area contributed by atoms with Crippen LogP contribution in [0.3, 0.4) is 0 Å². The highest BCUT2D eigenvalue weighted by Gasteiger charge is 2.47. The molecule has 3 rings (SSSR count). The molecule has 2 N–H and O–H groups in total. The van der Waals surface area contributed by atoms with Crippen molar-refractivity contribution in [2.75, 3.05) is 7.05 Å². The fourth-order valence-electron chi connectivity index (χ4n) is 3.88. The summed E-state index contributed by atoms with van der Waals surface area (Å²) < 4.78 is 0. The number of nitrogens with zero attached hydrogens (tertiary/aromatic N) is 2. The second kappa shape index (κ2) is 6.38. The molecule has 0 aromatic heterocycles. The number of rotatable bonds is 4. The lowest BCUT2D eigenvalue weighted by molar-refractivity contribution is -0.131. The summed E-state index contributed by atoms with van der Waals surface area (Å²) in [4.78, 5) is 19.0. The first-order valence-electron chi connectivity index (χ1n) is 8.52. The van der Waals surface area contributed by atoms with Crippen molar-refractivity contribution < 1.29 is 4.79 Å². The number of guanidine groups is 1. The van der Waals surface area contributed by atoms with Crippen molar-refractivity contribution in [2.24, 2.45) is 16.6 Å². The average Bonchev–Trinajstić information content (AvgIpc) is 2.79. The minimum Gasteiger partial charge on any atom is -0.369 e. The molecule has 4 nitrogen and oxygen atoms in total. The Bertz CT molecular complexity index is 624. The van der Waals surface area contributed by atoms with E-state index in [0.29, 0.717) is 23.8 Å². The van der Waals surface area contributed by atoms with Crippen molar-refractivity contribution >= 4 is 25.2 Å². The quantitative estimate of drug-likeness (QED) is 0.863. The van der Waals surface area contributed by atoms with Gasteiger partial charge < -0.3 is 5.73 Å². The van der Waals surface area contributed by atoms with E-state index in [0.717, 1.165) is 12.0 Å². The first kappa shape index (κ1) is 16.1. The summed E-state index contributed by atoms with van der Waals surface area (Å²) >= 11 is 0. The van der Waals surface area contributed by atoms with Gasteiger partial charge in [0.05, 0.1) is 0 Å². The number of benzene rings is 1. The summed E-state index contributed by atoms with van der Waals surface area (Å²) in [6.45, 7) is 0. The molecular weight excluding hydrogens is 285 g/mol. The highest BCUT2D eigenvalue weighted by Crippen LogP contribution is 2.39. The molecule has 1 aromatic rings. The van der Waals surface area contributed by atoms with Gasteiger partial charge in [0.1, 0.15) is 7.85 Å². The molecule has 1 unspecified atom stereocenters. The largest absolute Gasteiger partial charge is 0.369 e. The summed E-state index contributed by atoms with van der Waals surface area (Å²) in [6, 6.07) is 7.50. The topological polar surface area (TPSA) is 58.7 Å². The first-order chi connectivity index (χ1) is 11.0. The van der Waals surface area contributed by atoms with Gasteiger partial charge in [0.15, 0.2) is 11.5 Å². The van der Waals surface area contributed by atoms with Gasteiger partial charge in [-0.2, -0.15) is 0 Å². The van der Waals surface area contributed by atoms with Crippen molar-refractivity contribution in [3.05, 3.63) is 29.8 Å². The molecule has 0 saturated heterocycles. The van der Waals surface area contributed by atoms with Gasteiger partial charge in [-0.1, -0.05) is 61.8 Å². The van der Waals surface area contributed by atoms with Crippen LogP contribution in [0.4, 0.5) is 0 Å². The number of nitrogens with two attached hydrogens (primary N) is 1. The molecule has 1 aliphatic carbocycles. The second-order valence-electron chi connectivity index (χ2n) is 6.86. The molecule has 1 aromatic carbocycles. The summed E-state index contributed by atoms with van der Waals surface area (Å²) in [5.41, 5.74) is 6.56. The molecule has 1 fully saturated rings. The molecule has 0 bridgehead atoms. The van der Waals surface area contributed by atoms with Gasteiger partial charge in [-0.15, -0.1) is 0 Å². The van der Waals surface area contributed by atoms with E-state index in [1.807, 2.05) is 24.3 Å². The third kappa shape index (κ3) is 3.01. The Morgan fingerprint density at radius 2 is 2.09 bits per heavy atom. The van der Waals surface area contributed by atoms with Crippen LogP contribution < -0.4 is 11.2 Å². The molecular formula is C18H24BN3O. The lowest BCUT2D eigenvalue weighted by atomic mass is 9.78. The lowest BCUT2D eigenvalue weighted by Gasteiger charge is -2.29. The van der Waals surface area contributed by atoms with Crippen LogP contribution in [-0.4, -0.2) is 31.7 Å². The second-order valence-corrected chi connectivity index (χ2v) is 6.86. The van der Waals surface area contributed by atoms with Crippen molar-refractivity contribution in [1.29, 1.82) is 0 Å². The van der Waals surface area contributed by atoms with Crippen LogP contribution in [0.15, 0.2) is 29.3 Å². The van der Waals surface area contributed by atoms with E-state index in [1.165, 1.54) is 37.0 Å². The van der Waals surface area contributed by atoms with Crippen molar-refractivity contribution in [2.45, 2.75) is 50.5 Å². The molecule has 1 saturated carbocycles. The van der Waals surface area contributed by atoms with E-state index in [-0.39, 0.29) is 5.91 Å². The highest BCUT2D eigenvalue weighted by molar-refractivity contribution is 6.32. The van der Waals surface area contributed by atoms with Gasteiger partial charge >= 0.3 is 0 Å². The molecule has 0 spiro atoms. The average molecular weight is 309 g/mol. The van der Waals surface area contributed by atoms with Crippen LogP contribution in [-0.2, 0) is 10.3 Å². The van der Waals surface area contributed by atoms with Crippen LogP contribution in [0.1, 0.15) is 50.5 Å². The lowest BCUT2D eigenvalue weighted by Crippen LogP contribution is -2.41. The van der Waals surface area contributed by atoms with Crippen molar-refractivity contribution in [3.63, 3.8) is 0 Å². The Labute approximate surface area is 139 Å². The van der Waals surface area contributed by atoms with E-state index in [2.05, 4.69) is 4.99 Å². The smallest absolute Gasteiger partial charge is 0.261 e. The normalized spacial score (nSPS) is 25.7. The summed E-state index contributed by atoms with van der Waals surface area (Å²) in [5, 5.41) is 0. The summed E-state index contributed by atoms with van der Waals surface area (Å²) in [7, 11) is 7.62. The number of aliphatic imine (C=N–C) groups is 1. The van der Waals surface area contributed by atoms with Gasteiger partial charge in [-0.3, -0.25) is 9.69 Å². The van der Waals surface area contributed by atoms with Gasteiger partial charge in [-0.05, 0) is 24.3 Å². The number of hydrogen-bond donors (Lipinski definition) is 1. The Morgan fingerprint density at radius 3 is 2.70 bits per heavy atom. The number of hydrogen-bond acceptors (Lipinski definition) is 3. The Hall–Kier alpha value is -1.78. The van der Waals surface area contributed by atoms with E-state index in [1.54, 1.807) is 7.05 Å².